The van der Waals surface area contributed by atoms with Gasteiger partial charge in [-0.05, 0) is 52.4 Å². The van der Waals surface area contributed by atoms with Gasteiger partial charge in [0, 0.05) is 6.61 Å². The van der Waals surface area contributed by atoms with Gasteiger partial charge in [-0.15, -0.1) is 6.58 Å². The highest BCUT2D eigenvalue weighted by Gasteiger charge is 2.07. The van der Waals surface area contributed by atoms with Crippen LogP contribution in [0.2, 0.25) is 0 Å². The minimum atomic E-state index is 0.242. The molecule has 0 aliphatic heterocycles. The normalized spacial score (nSPS) is 13.6. The van der Waals surface area contributed by atoms with Gasteiger partial charge >= 0.3 is 0 Å². The summed E-state index contributed by atoms with van der Waals surface area (Å²) in [5.74, 6) is 0.547. The van der Waals surface area contributed by atoms with E-state index in [1.807, 2.05) is 0 Å². The van der Waals surface area contributed by atoms with Crippen molar-refractivity contribution < 1.29 is 5.11 Å². The van der Waals surface area contributed by atoms with Gasteiger partial charge in [-0.3, -0.25) is 0 Å². The van der Waals surface area contributed by atoms with E-state index in [-0.39, 0.29) is 6.61 Å². The summed E-state index contributed by atoms with van der Waals surface area (Å²) in [5.41, 5.74) is 3.75. The van der Waals surface area contributed by atoms with Gasteiger partial charge in [-0.2, -0.15) is 0 Å². The van der Waals surface area contributed by atoms with Gasteiger partial charge in [0.2, 0.25) is 0 Å². The fourth-order valence-electron chi connectivity index (χ4n) is 1.61. The van der Waals surface area contributed by atoms with Crippen molar-refractivity contribution in [2.24, 2.45) is 5.92 Å². The van der Waals surface area contributed by atoms with E-state index < -0.39 is 0 Å². The molecule has 92 valence electrons. The second kappa shape index (κ2) is 8.35. The van der Waals surface area contributed by atoms with Gasteiger partial charge < -0.3 is 5.11 Å². The molecule has 0 radical (unpaired) electrons. The van der Waals surface area contributed by atoms with E-state index in [2.05, 4.69) is 40.0 Å². The summed E-state index contributed by atoms with van der Waals surface area (Å²) in [4.78, 5) is 0. The van der Waals surface area contributed by atoms with Crippen molar-refractivity contribution >= 4 is 0 Å². The molecule has 0 aliphatic carbocycles. The third-order valence-electron chi connectivity index (χ3n) is 2.87. The average Bonchev–Trinajstić information content (AvgIpc) is 2.17. The molecule has 16 heavy (non-hydrogen) atoms. The van der Waals surface area contributed by atoms with Crippen LogP contribution in [0.4, 0.5) is 0 Å². The summed E-state index contributed by atoms with van der Waals surface area (Å²) in [5, 5.41) is 8.82. The van der Waals surface area contributed by atoms with E-state index in [0.29, 0.717) is 5.92 Å². The third-order valence-corrected chi connectivity index (χ3v) is 2.87. The average molecular weight is 222 g/mol. The molecule has 0 aromatic heterocycles. The number of hydrogen-bond donors (Lipinski definition) is 1. The predicted molar refractivity (Wildman–Crippen MR) is 72.4 cm³/mol. The molecular weight excluding hydrogens is 196 g/mol. The van der Waals surface area contributed by atoms with Crippen LogP contribution < -0.4 is 0 Å². The number of rotatable bonds is 8. The second-order valence-corrected chi connectivity index (χ2v) is 4.80. The topological polar surface area (TPSA) is 20.2 Å². The van der Waals surface area contributed by atoms with Crippen molar-refractivity contribution in [2.45, 2.75) is 46.5 Å². The summed E-state index contributed by atoms with van der Waals surface area (Å²) in [7, 11) is 0. The highest BCUT2D eigenvalue weighted by Crippen LogP contribution is 2.22. The monoisotopic (exact) mass is 222 g/mol. The lowest BCUT2D eigenvalue weighted by Gasteiger charge is -2.15. The standard InChI is InChI=1S/C15H26O/c1-12(2)6-8-15(13(3)4)9-7-14(5)10-11-16/h7,15-16H,1,3,6,8-11H2,2,4-5H3/t15-/m1/s1. The molecule has 1 N–H and O–H groups in total. The summed E-state index contributed by atoms with van der Waals surface area (Å²) in [6.45, 7) is 14.5. The van der Waals surface area contributed by atoms with Crippen LogP contribution in [0.25, 0.3) is 0 Å². The zero-order valence-electron chi connectivity index (χ0n) is 11.1. The molecule has 0 aliphatic rings. The summed E-state index contributed by atoms with van der Waals surface area (Å²) in [6, 6.07) is 0. The zero-order valence-corrected chi connectivity index (χ0v) is 11.1. The van der Waals surface area contributed by atoms with Gasteiger partial charge in [-0.25, -0.2) is 0 Å². The smallest absolute Gasteiger partial charge is 0.0468 e. The van der Waals surface area contributed by atoms with Crippen molar-refractivity contribution in [1.29, 1.82) is 0 Å². The molecular formula is C15H26O. The quantitative estimate of drug-likeness (QED) is 0.609. The highest BCUT2D eigenvalue weighted by molar-refractivity contribution is 5.05. The van der Waals surface area contributed by atoms with Crippen molar-refractivity contribution in [2.75, 3.05) is 6.61 Å². The Kier molecular flexibility index (Phi) is 7.92. The van der Waals surface area contributed by atoms with E-state index >= 15 is 0 Å². The van der Waals surface area contributed by atoms with Crippen LogP contribution in [0.3, 0.4) is 0 Å². The number of aliphatic hydroxyl groups is 1. The Balaban J connectivity index is 4.18. The van der Waals surface area contributed by atoms with Crippen LogP contribution in [0, 0.1) is 5.92 Å². The molecule has 1 atom stereocenters. The second-order valence-electron chi connectivity index (χ2n) is 4.80. The van der Waals surface area contributed by atoms with Crippen molar-refractivity contribution in [3.05, 3.63) is 36.0 Å². The summed E-state index contributed by atoms with van der Waals surface area (Å²) >= 11 is 0. The number of allylic oxidation sites excluding steroid dienone is 3. The fraction of sp³-hybridized carbons (Fsp3) is 0.600. The van der Waals surface area contributed by atoms with Gasteiger partial charge in [0.05, 0.1) is 0 Å². The Hall–Kier alpha value is -0.820. The van der Waals surface area contributed by atoms with Crippen LogP contribution in [0.15, 0.2) is 36.0 Å². The maximum atomic E-state index is 8.82. The molecule has 1 heteroatoms. The maximum Gasteiger partial charge on any atom is 0.0468 e. The first kappa shape index (κ1) is 15.2. The minimum absolute atomic E-state index is 0.242. The van der Waals surface area contributed by atoms with Gasteiger partial charge in [0.1, 0.15) is 0 Å². The Bertz CT molecular complexity index is 261. The van der Waals surface area contributed by atoms with Gasteiger partial charge in [0.15, 0.2) is 0 Å². The van der Waals surface area contributed by atoms with E-state index in [1.165, 1.54) is 16.7 Å². The number of hydrogen-bond acceptors (Lipinski definition) is 1. The fourth-order valence-corrected chi connectivity index (χ4v) is 1.61. The van der Waals surface area contributed by atoms with E-state index in [9.17, 15) is 0 Å². The maximum absolute atomic E-state index is 8.82. The van der Waals surface area contributed by atoms with Gasteiger partial charge in [0.25, 0.3) is 0 Å². The Labute approximate surface area is 101 Å². The van der Waals surface area contributed by atoms with Crippen LogP contribution in [0.5, 0.6) is 0 Å². The molecule has 0 aromatic carbocycles. The van der Waals surface area contributed by atoms with Crippen LogP contribution in [-0.2, 0) is 0 Å². The molecule has 0 rings (SSSR count). The zero-order chi connectivity index (χ0) is 12.6. The SMILES string of the molecule is C=C(C)CC[C@H](CC=C(C)CCO)C(=C)C. The van der Waals surface area contributed by atoms with Crippen molar-refractivity contribution in [3.63, 3.8) is 0 Å². The lowest BCUT2D eigenvalue weighted by Crippen LogP contribution is -2.01. The molecule has 0 fully saturated rings. The van der Waals surface area contributed by atoms with Crippen LogP contribution >= 0.6 is 0 Å². The summed E-state index contributed by atoms with van der Waals surface area (Å²) in [6.07, 6.45) is 6.25. The molecule has 0 aromatic rings. The first-order valence-corrected chi connectivity index (χ1v) is 6.03. The van der Waals surface area contributed by atoms with Gasteiger partial charge in [-0.1, -0.05) is 29.4 Å². The summed E-state index contributed by atoms with van der Waals surface area (Å²) < 4.78 is 0. The van der Waals surface area contributed by atoms with E-state index in [4.69, 9.17) is 5.11 Å². The molecule has 0 heterocycles. The molecule has 0 amide bonds. The molecule has 1 nitrogen and oxygen atoms in total. The molecule has 0 spiro atoms. The third kappa shape index (κ3) is 7.47. The highest BCUT2D eigenvalue weighted by atomic mass is 16.2. The lowest BCUT2D eigenvalue weighted by atomic mass is 9.90. The molecule has 0 saturated carbocycles. The Morgan fingerprint density at radius 2 is 1.81 bits per heavy atom. The largest absolute Gasteiger partial charge is 0.396 e. The molecule has 0 bridgehead atoms. The van der Waals surface area contributed by atoms with E-state index in [0.717, 1.165) is 25.7 Å². The minimum Gasteiger partial charge on any atom is -0.396 e. The predicted octanol–water partition coefficient (Wildman–Crippen LogP) is 4.25. The van der Waals surface area contributed by atoms with E-state index in [1.54, 1.807) is 0 Å². The molecule has 0 unspecified atom stereocenters. The van der Waals surface area contributed by atoms with Crippen LogP contribution in [-0.4, -0.2) is 11.7 Å². The first-order valence-electron chi connectivity index (χ1n) is 6.03. The number of aliphatic hydroxyl groups excluding tert-OH is 1. The lowest BCUT2D eigenvalue weighted by molar-refractivity contribution is 0.299. The molecule has 0 saturated heterocycles. The van der Waals surface area contributed by atoms with Crippen LogP contribution in [0.1, 0.15) is 46.5 Å². The van der Waals surface area contributed by atoms with Crippen molar-refractivity contribution in [1.82, 2.24) is 0 Å². The Morgan fingerprint density at radius 1 is 1.19 bits per heavy atom. The van der Waals surface area contributed by atoms with Crippen molar-refractivity contribution in [3.8, 4) is 0 Å². The Morgan fingerprint density at radius 3 is 2.25 bits per heavy atom. The first-order chi connectivity index (χ1) is 7.47.